The number of para-hydroxylation sites is 2. The molecule has 0 bridgehead atoms. The van der Waals surface area contributed by atoms with Crippen LogP contribution in [0.3, 0.4) is 0 Å². The average Bonchev–Trinajstić information content (AvgIpc) is 3.46. The van der Waals surface area contributed by atoms with Crippen molar-refractivity contribution in [3.8, 4) is 0 Å². The molecule has 2 heterocycles. The molecule has 0 radical (unpaired) electrons. The summed E-state index contributed by atoms with van der Waals surface area (Å²) < 4.78 is 0. The molecule has 0 fully saturated rings. The van der Waals surface area contributed by atoms with Gasteiger partial charge in [0.1, 0.15) is 6.04 Å². The Morgan fingerprint density at radius 3 is 2.55 bits per heavy atom. The molecule has 2 atom stereocenters. The van der Waals surface area contributed by atoms with Gasteiger partial charge in [-0.3, -0.25) is 19.5 Å². The molecule has 6 rings (SSSR count). The van der Waals surface area contributed by atoms with E-state index in [4.69, 9.17) is 0 Å². The van der Waals surface area contributed by atoms with Gasteiger partial charge in [-0.15, -0.1) is 0 Å². The lowest BCUT2D eigenvalue weighted by molar-refractivity contribution is -0.128. The third-order valence-corrected chi connectivity index (χ3v) is 8.06. The first-order chi connectivity index (χ1) is 20.4. The van der Waals surface area contributed by atoms with Crippen LogP contribution >= 0.6 is 0 Å². The fourth-order valence-corrected chi connectivity index (χ4v) is 5.52. The zero-order valence-electron chi connectivity index (χ0n) is 23.7. The molecule has 212 valence electrons. The minimum absolute atomic E-state index is 0.0249. The van der Waals surface area contributed by atoms with Gasteiger partial charge < -0.3 is 20.4 Å². The summed E-state index contributed by atoms with van der Waals surface area (Å²) in [6, 6.07) is 23.5. The molecule has 3 amide bonds. The number of hydrogen-bond acceptors (Lipinski definition) is 5. The third kappa shape index (κ3) is 4.88. The normalized spacial score (nSPS) is 15.9. The second-order valence-corrected chi connectivity index (χ2v) is 10.7. The zero-order valence-corrected chi connectivity index (χ0v) is 23.7. The van der Waals surface area contributed by atoms with E-state index in [-0.39, 0.29) is 30.8 Å². The van der Waals surface area contributed by atoms with Crippen LogP contribution in [-0.2, 0) is 16.1 Å². The smallest absolute Gasteiger partial charge is 0.258 e. The molecule has 5 aromatic rings. The molecular weight excluding hydrogens is 528 g/mol. The summed E-state index contributed by atoms with van der Waals surface area (Å²) in [5, 5.41) is 15.9. The van der Waals surface area contributed by atoms with Crippen molar-refractivity contribution in [2.75, 3.05) is 23.4 Å². The van der Waals surface area contributed by atoms with E-state index in [1.165, 1.54) is 0 Å². The molecule has 0 saturated heterocycles. The maximum Gasteiger partial charge on any atom is 0.258 e. The van der Waals surface area contributed by atoms with Gasteiger partial charge in [0.25, 0.3) is 11.8 Å². The lowest BCUT2D eigenvalue weighted by Gasteiger charge is -2.27. The number of anilines is 2. The maximum atomic E-state index is 14.4. The number of amides is 3. The summed E-state index contributed by atoms with van der Waals surface area (Å²) in [5.74, 6) is -0.893. The lowest BCUT2D eigenvalue weighted by Crippen LogP contribution is -2.55. The van der Waals surface area contributed by atoms with Crippen LogP contribution in [0.5, 0.6) is 0 Å². The molecule has 0 aliphatic carbocycles. The SMILES string of the molecule is CNC(C)C(=O)N[C@H]1CN(C(=O)c2ccc3cn[nH]c3c2)c2ccccc2N(Cc2c(C)ccc3ccccc23)C1=O. The minimum Gasteiger partial charge on any atom is -0.341 e. The van der Waals surface area contributed by atoms with E-state index in [0.717, 1.165) is 32.8 Å². The Kier molecular flexibility index (Phi) is 7.18. The summed E-state index contributed by atoms with van der Waals surface area (Å²) in [6.45, 7) is 4.01. The second kappa shape index (κ2) is 11.1. The van der Waals surface area contributed by atoms with Gasteiger partial charge in [0, 0.05) is 10.9 Å². The van der Waals surface area contributed by atoms with E-state index in [1.807, 2.05) is 49.4 Å². The van der Waals surface area contributed by atoms with Crippen molar-refractivity contribution >= 4 is 50.8 Å². The fourth-order valence-electron chi connectivity index (χ4n) is 5.52. The molecule has 1 aliphatic rings. The highest BCUT2D eigenvalue weighted by Gasteiger charge is 2.38. The number of likely N-dealkylation sites (N-methyl/N-ethyl adjacent to an activating group) is 1. The molecule has 42 heavy (non-hydrogen) atoms. The average molecular weight is 561 g/mol. The highest BCUT2D eigenvalue weighted by molar-refractivity contribution is 6.13. The molecule has 1 aromatic heterocycles. The largest absolute Gasteiger partial charge is 0.341 e. The van der Waals surface area contributed by atoms with Crippen molar-refractivity contribution in [2.24, 2.45) is 0 Å². The number of hydrogen-bond donors (Lipinski definition) is 3. The monoisotopic (exact) mass is 560 g/mol. The van der Waals surface area contributed by atoms with E-state index in [0.29, 0.717) is 16.9 Å². The summed E-state index contributed by atoms with van der Waals surface area (Å²) in [5.41, 5.74) is 4.44. The number of nitrogens with zero attached hydrogens (tertiary/aromatic N) is 3. The topological polar surface area (TPSA) is 110 Å². The number of fused-ring (bicyclic) bond motifs is 3. The Hall–Kier alpha value is -5.02. The van der Waals surface area contributed by atoms with Gasteiger partial charge in [-0.05, 0) is 67.1 Å². The fraction of sp³-hybridized carbons (Fsp3) is 0.212. The number of carbonyl (C=O) groups is 3. The summed E-state index contributed by atoms with van der Waals surface area (Å²) in [4.78, 5) is 44.9. The van der Waals surface area contributed by atoms with Gasteiger partial charge in [-0.25, -0.2) is 0 Å². The number of aromatic nitrogens is 2. The van der Waals surface area contributed by atoms with Crippen molar-refractivity contribution in [1.82, 2.24) is 20.8 Å². The second-order valence-electron chi connectivity index (χ2n) is 10.7. The van der Waals surface area contributed by atoms with Crippen LogP contribution in [0.15, 0.2) is 85.1 Å². The minimum atomic E-state index is -0.976. The van der Waals surface area contributed by atoms with Crippen molar-refractivity contribution in [1.29, 1.82) is 0 Å². The van der Waals surface area contributed by atoms with Crippen LogP contribution in [0, 0.1) is 6.92 Å². The Labute approximate surface area is 243 Å². The highest BCUT2D eigenvalue weighted by Crippen LogP contribution is 2.36. The molecule has 3 N–H and O–H groups in total. The van der Waals surface area contributed by atoms with E-state index in [1.54, 1.807) is 42.1 Å². The zero-order chi connectivity index (χ0) is 29.4. The Bertz CT molecular complexity index is 1830. The molecule has 4 aromatic carbocycles. The maximum absolute atomic E-state index is 14.4. The quantitative estimate of drug-likeness (QED) is 0.287. The first-order valence-corrected chi connectivity index (χ1v) is 14.0. The van der Waals surface area contributed by atoms with Gasteiger partial charge in [0.2, 0.25) is 5.91 Å². The number of benzene rings is 4. The number of rotatable bonds is 6. The van der Waals surface area contributed by atoms with E-state index >= 15 is 0 Å². The van der Waals surface area contributed by atoms with Crippen LogP contribution in [0.25, 0.3) is 21.7 Å². The van der Waals surface area contributed by atoms with E-state index in [9.17, 15) is 14.4 Å². The first-order valence-electron chi connectivity index (χ1n) is 14.0. The third-order valence-electron chi connectivity index (χ3n) is 8.06. The van der Waals surface area contributed by atoms with Gasteiger partial charge in [0.05, 0.1) is 42.2 Å². The van der Waals surface area contributed by atoms with Crippen LogP contribution in [-0.4, -0.2) is 53.6 Å². The summed E-state index contributed by atoms with van der Waals surface area (Å²) in [6.07, 6.45) is 1.70. The Morgan fingerprint density at radius 1 is 1.00 bits per heavy atom. The van der Waals surface area contributed by atoms with Crippen LogP contribution in [0.1, 0.15) is 28.4 Å². The van der Waals surface area contributed by atoms with Gasteiger partial charge >= 0.3 is 0 Å². The highest BCUT2D eigenvalue weighted by atomic mass is 16.2. The molecular formula is C33H32N6O3. The predicted octanol–water partition coefficient (Wildman–Crippen LogP) is 4.31. The van der Waals surface area contributed by atoms with Crippen molar-refractivity contribution in [3.63, 3.8) is 0 Å². The Balaban J connectivity index is 1.47. The van der Waals surface area contributed by atoms with Crippen LogP contribution in [0.4, 0.5) is 11.4 Å². The van der Waals surface area contributed by atoms with Crippen LogP contribution < -0.4 is 20.4 Å². The number of nitrogens with one attached hydrogen (secondary N) is 3. The summed E-state index contributed by atoms with van der Waals surface area (Å²) >= 11 is 0. The molecule has 0 saturated carbocycles. The Morgan fingerprint density at radius 2 is 1.74 bits per heavy atom. The number of aryl methyl sites for hydroxylation is 1. The van der Waals surface area contributed by atoms with Gasteiger partial charge in [-0.1, -0.05) is 54.6 Å². The number of aromatic amines is 1. The van der Waals surface area contributed by atoms with Crippen molar-refractivity contribution in [2.45, 2.75) is 32.5 Å². The van der Waals surface area contributed by atoms with Crippen molar-refractivity contribution < 1.29 is 14.4 Å². The summed E-state index contributed by atoms with van der Waals surface area (Å²) in [7, 11) is 1.69. The lowest BCUT2D eigenvalue weighted by atomic mass is 9.99. The van der Waals surface area contributed by atoms with Gasteiger partial charge in [-0.2, -0.15) is 5.10 Å². The molecule has 1 aliphatic heterocycles. The predicted molar refractivity (Wildman–Crippen MR) is 165 cm³/mol. The standard InChI is InChI=1S/C33H32N6O3/c1-20-12-13-22-8-4-5-9-25(22)26(20)18-38-29-10-6-7-11-30(29)39(19-28(33(38)42)36-31(40)21(2)34-3)32(41)23-14-15-24-17-35-37-27(24)16-23/h4-17,21,28,34H,18-19H2,1-3H3,(H,35,37)(H,36,40)/t21?,28-/m0/s1. The first kappa shape index (κ1) is 27.2. The number of H-pyrrole nitrogens is 1. The van der Waals surface area contributed by atoms with Crippen LogP contribution in [0.2, 0.25) is 0 Å². The number of carbonyl (C=O) groups excluding carboxylic acids is 3. The molecule has 1 unspecified atom stereocenters. The molecule has 9 nitrogen and oxygen atoms in total. The molecule has 9 heteroatoms. The molecule has 0 spiro atoms. The van der Waals surface area contributed by atoms with Gasteiger partial charge in [0.15, 0.2) is 0 Å². The van der Waals surface area contributed by atoms with E-state index < -0.39 is 12.1 Å². The van der Waals surface area contributed by atoms with Crippen molar-refractivity contribution in [3.05, 3.63) is 102 Å². The van der Waals surface area contributed by atoms with E-state index in [2.05, 4.69) is 45.1 Å².